The second kappa shape index (κ2) is 11.9. The van der Waals surface area contributed by atoms with Gasteiger partial charge in [-0.1, -0.05) is 49.7 Å². The normalized spacial score (nSPS) is 12.2. The molecule has 0 bridgehead atoms. The average Bonchev–Trinajstić information content (AvgIpc) is 2.64. The van der Waals surface area contributed by atoms with Gasteiger partial charge in [0.25, 0.3) is 0 Å². The molecule has 0 amide bonds. The fourth-order valence-electron chi connectivity index (χ4n) is 3.03. The van der Waals surface area contributed by atoms with E-state index in [-0.39, 0.29) is 29.4 Å². The lowest BCUT2D eigenvalue weighted by molar-refractivity contribution is 0.359. The maximum Gasteiger partial charge on any atom is 0.191 e. The average molecular weight is 564 g/mol. The minimum absolute atomic E-state index is 0. The fraction of sp³-hybridized carbons (Fsp3) is 0.409. The number of halogens is 2. The fourth-order valence-corrected chi connectivity index (χ4v) is 3.88. The minimum atomic E-state index is -3.16. The summed E-state index contributed by atoms with van der Waals surface area (Å²) >= 11 is 6.09. The van der Waals surface area contributed by atoms with Crippen molar-refractivity contribution in [1.82, 2.24) is 10.6 Å². The molecule has 0 aliphatic heterocycles. The van der Waals surface area contributed by atoms with Gasteiger partial charge in [0.1, 0.15) is 0 Å². The maximum absolute atomic E-state index is 11.5. The van der Waals surface area contributed by atoms with Crippen molar-refractivity contribution in [1.29, 1.82) is 0 Å². The van der Waals surface area contributed by atoms with Crippen LogP contribution in [0.1, 0.15) is 25.0 Å². The van der Waals surface area contributed by atoms with Gasteiger partial charge in [-0.15, -0.1) is 24.0 Å². The van der Waals surface area contributed by atoms with Gasteiger partial charge in [0.15, 0.2) is 15.8 Å². The molecular formula is C22H31ClIN3O2S. The Labute approximate surface area is 202 Å². The first-order valence-corrected chi connectivity index (χ1v) is 11.8. The molecule has 30 heavy (non-hydrogen) atoms. The number of sulfone groups is 1. The van der Waals surface area contributed by atoms with Gasteiger partial charge < -0.3 is 10.6 Å². The summed E-state index contributed by atoms with van der Waals surface area (Å²) in [6, 6.07) is 15.0. The van der Waals surface area contributed by atoms with Crippen molar-refractivity contribution in [2.75, 3.05) is 26.4 Å². The SMILES string of the molecule is CN=C(NCCc1ccc(S(C)(=O)=O)cc1)NCC(C)(C)Cc1cccc(Cl)c1.I. The highest BCUT2D eigenvalue weighted by atomic mass is 127. The van der Waals surface area contributed by atoms with Crippen molar-refractivity contribution in [2.45, 2.75) is 31.6 Å². The van der Waals surface area contributed by atoms with Gasteiger partial charge in [-0.25, -0.2) is 8.42 Å². The zero-order valence-corrected chi connectivity index (χ0v) is 21.8. The molecule has 0 fully saturated rings. The summed E-state index contributed by atoms with van der Waals surface area (Å²) in [6.07, 6.45) is 2.90. The first kappa shape index (κ1) is 26.7. The van der Waals surface area contributed by atoms with Crippen LogP contribution in [0, 0.1) is 5.41 Å². The Morgan fingerprint density at radius 1 is 1.07 bits per heavy atom. The largest absolute Gasteiger partial charge is 0.356 e. The Balaban J connectivity index is 0.00000450. The molecule has 8 heteroatoms. The van der Waals surface area contributed by atoms with E-state index in [1.165, 1.54) is 11.8 Å². The van der Waals surface area contributed by atoms with E-state index in [1.807, 2.05) is 30.3 Å². The predicted molar refractivity (Wildman–Crippen MR) is 137 cm³/mol. The maximum atomic E-state index is 11.5. The molecule has 2 rings (SSSR count). The molecular weight excluding hydrogens is 533 g/mol. The van der Waals surface area contributed by atoms with Crippen LogP contribution in [0.2, 0.25) is 5.02 Å². The van der Waals surface area contributed by atoms with Gasteiger partial charge in [-0.05, 0) is 53.6 Å². The van der Waals surface area contributed by atoms with Gasteiger partial charge in [0, 0.05) is 31.4 Å². The van der Waals surface area contributed by atoms with E-state index in [9.17, 15) is 8.42 Å². The first-order valence-electron chi connectivity index (χ1n) is 9.57. The van der Waals surface area contributed by atoms with E-state index in [0.717, 1.165) is 35.9 Å². The smallest absolute Gasteiger partial charge is 0.191 e. The Bertz CT molecular complexity index is 945. The number of hydrogen-bond donors (Lipinski definition) is 2. The van der Waals surface area contributed by atoms with Gasteiger partial charge >= 0.3 is 0 Å². The molecule has 0 aliphatic rings. The third-order valence-corrected chi connectivity index (χ3v) is 5.95. The van der Waals surface area contributed by atoms with Crippen molar-refractivity contribution in [3.63, 3.8) is 0 Å². The second-order valence-corrected chi connectivity index (χ2v) is 10.4. The number of hydrogen-bond acceptors (Lipinski definition) is 3. The number of guanidine groups is 1. The first-order chi connectivity index (χ1) is 13.6. The lowest BCUT2D eigenvalue weighted by Gasteiger charge is -2.26. The van der Waals surface area contributed by atoms with Crippen molar-refractivity contribution in [3.05, 3.63) is 64.7 Å². The monoisotopic (exact) mass is 563 g/mol. The number of nitrogens with one attached hydrogen (secondary N) is 2. The van der Waals surface area contributed by atoms with Crippen molar-refractivity contribution >= 4 is 51.4 Å². The van der Waals surface area contributed by atoms with E-state index in [1.54, 1.807) is 19.2 Å². The Morgan fingerprint density at radius 3 is 2.30 bits per heavy atom. The lowest BCUT2D eigenvalue weighted by Crippen LogP contribution is -2.43. The molecule has 0 heterocycles. The topological polar surface area (TPSA) is 70.6 Å². The van der Waals surface area contributed by atoms with E-state index in [0.29, 0.717) is 11.4 Å². The van der Waals surface area contributed by atoms with E-state index < -0.39 is 9.84 Å². The summed E-state index contributed by atoms with van der Waals surface area (Å²) < 4.78 is 23.1. The highest BCUT2D eigenvalue weighted by molar-refractivity contribution is 14.0. The molecule has 0 aromatic heterocycles. The third kappa shape index (κ3) is 9.22. The van der Waals surface area contributed by atoms with E-state index >= 15 is 0 Å². The molecule has 5 nitrogen and oxygen atoms in total. The van der Waals surface area contributed by atoms with Crippen LogP contribution in [-0.4, -0.2) is 40.8 Å². The van der Waals surface area contributed by atoms with Crippen LogP contribution >= 0.6 is 35.6 Å². The van der Waals surface area contributed by atoms with Crippen LogP contribution in [0.3, 0.4) is 0 Å². The van der Waals surface area contributed by atoms with Gasteiger partial charge in [0.2, 0.25) is 0 Å². The molecule has 2 aromatic rings. The highest BCUT2D eigenvalue weighted by Gasteiger charge is 2.19. The number of nitrogens with zero attached hydrogens (tertiary/aromatic N) is 1. The van der Waals surface area contributed by atoms with Gasteiger partial charge in [-0.3, -0.25) is 4.99 Å². The van der Waals surface area contributed by atoms with E-state index in [2.05, 4.69) is 35.5 Å². The Hall–Kier alpha value is -1.32. The Morgan fingerprint density at radius 2 is 1.73 bits per heavy atom. The third-order valence-electron chi connectivity index (χ3n) is 4.59. The van der Waals surface area contributed by atoms with Crippen LogP contribution in [0.5, 0.6) is 0 Å². The molecule has 166 valence electrons. The molecule has 0 atom stereocenters. The minimum Gasteiger partial charge on any atom is -0.356 e. The molecule has 0 aliphatic carbocycles. The number of aliphatic imine (C=N–C) groups is 1. The summed E-state index contributed by atoms with van der Waals surface area (Å²) in [6.45, 7) is 5.88. The summed E-state index contributed by atoms with van der Waals surface area (Å²) in [5.74, 6) is 0.747. The highest BCUT2D eigenvalue weighted by Crippen LogP contribution is 2.22. The van der Waals surface area contributed by atoms with Crippen molar-refractivity contribution in [3.8, 4) is 0 Å². The summed E-state index contributed by atoms with van der Waals surface area (Å²) in [7, 11) is -1.41. The zero-order chi connectivity index (χ0) is 21.5. The van der Waals surface area contributed by atoms with Crippen LogP contribution in [0.4, 0.5) is 0 Å². The molecule has 0 unspecified atom stereocenters. The van der Waals surface area contributed by atoms with Crippen molar-refractivity contribution < 1.29 is 8.42 Å². The molecule has 0 saturated carbocycles. The molecule has 2 aromatic carbocycles. The van der Waals surface area contributed by atoms with Gasteiger partial charge in [0.05, 0.1) is 4.90 Å². The lowest BCUT2D eigenvalue weighted by atomic mass is 9.86. The predicted octanol–water partition coefficient (Wildman–Crippen LogP) is 4.34. The summed E-state index contributed by atoms with van der Waals surface area (Å²) in [5, 5.41) is 7.45. The standard InChI is InChI=1S/C22H30ClN3O2S.HI/c1-22(2,15-18-6-5-7-19(23)14-18)16-26-21(24-3)25-13-12-17-8-10-20(11-9-17)29(4,27)28;/h5-11,14H,12-13,15-16H2,1-4H3,(H2,24,25,26);1H. The Kier molecular flexibility index (Phi) is 10.6. The van der Waals surface area contributed by atoms with Crippen LogP contribution in [0.15, 0.2) is 58.4 Å². The number of benzene rings is 2. The van der Waals surface area contributed by atoms with E-state index in [4.69, 9.17) is 11.6 Å². The second-order valence-electron chi connectivity index (χ2n) is 7.99. The number of rotatable bonds is 8. The summed E-state index contributed by atoms with van der Waals surface area (Å²) in [4.78, 5) is 4.63. The van der Waals surface area contributed by atoms with Crippen LogP contribution in [-0.2, 0) is 22.7 Å². The molecule has 2 N–H and O–H groups in total. The molecule has 0 radical (unpaired) electrons. The molecule has 0 saturated heterocycles. The summed E-state index contributed by atoms with van der Waals surface area (Å²) in [5.41, 5.74) is 2.32. The zero-order valence-electron chi connectivity index (χ0n) is 17.9. The molecule has 0 spiro atoms. The van der Waals surface area contributed by atoms with Crippen molar-refractivity contribution in [2.24, 2.45) is 10.4 Å². The van der Waals surface area contributed by atoms with Crippen LogP contribution in [0.25, 0.3) is 0 Å². The van der Waals surface area contributed by atoms with Gasteiger partial charge in [-0.2, -0.15) is 0 Å². The van der Waals surface area contributed by atoms with Crippen LogP contribution < -0.4 is 10.6 Å². The quantitative estimate of drug-likeness (QED) is 0.285.